The van der Waals surface area contributed by atoms with E-state index in [-0.39, 0.29) is 24.0 Å². The second-order valence-corrected chi connectivity index (χ2v) is 7.86. The zero-order chi connectivity index (χ0) is 19.1. The summed E-state index contributed by atoms with van der Waals surface area (Å²) >= 11 is 1.75. The van der Waals surface area contributed by atoms with Gasteiger partial charge in [-0.25, -0.2) is 4.99 Å². The van der Waals surface area contributed by atoms with Gasteiger partial charge < -0.3 is 15.2 Å². The highest BCUT2D eigenvalue weighted by atomic mass is 127. The molecule has 7 nitrogen and oxygen atoms in total. The largest absolute Gasteiger partial charge is 0.354 e. The molecule has 2 aromatic heterocycles. The molecule has 2 aromatic rings. The molecule has 1 aliphatic heterocycles. The lowest BCUT2D eigenvalue weighted by Crippen LogP contribution is -2.48. The van der Waals surface area contributed by atoms with Crippen LogP contribution in [0, 0.1) is 6.92 Å². The molecule has 0 amide bonds. The summed E-state index contributed by atoms with van der Waals surface area (Å²) in [7, 11) is 1.97. The van der Waals surface area contributed by atoms with E-state index in [1.54, 1.807) is 11.3 Å². The predicted octanol–water partition coefficient (Wildman–Crippen LogP) is 2.69. The smallest absolute Gasteiger partial charge is 0.192 e. The highest BCUT2D eigenvalue weighted by Gasteiger charge is 2.19. The standard InChI is InChI=1S/C19H29N7S.HI/c1-4-9-26-10-7-16(8-11-26)22-19(20-13-17-6-5-12-27-17)21-14-18-24-23-15(2)25(18)3;/h4-6,12,16H,1,7-11,13-14H2,2-3H3,(H2,20,21,22);1H. The van der Waals surface area contributed by atoms with Crippen molar-refractivity contribution in [3.8, 4) is 0 Å². The minimum Gasteiger partial charge on any atom is -0.354 e. The zero-order valence-electron chi connectivity index (χ0n) is 16.6. The fourth-order valence-corrected chi connectivity index (χ4v) is 3.76. The molecule has 0 saturated carbocycles. The number of guanidine groups is 1. The van der Waals surface area contributed by atoms with E-state index >= 15 is 0 Å². The number of nitrogens with one attached hydrogen (secondary N) is 2. The molecule has 0 radical (unpaired) electrons. The van der Waals surface area contributed by atoms with Gasteiger partial charge in [0.05, 0.1) is 6.54 Å². The minimum absolute atomic E-state index is 0. The van der Waals surface area contributed by atoms with Crippen LogP contribution in [0.15, 0.2) is 35.2 Å². The van der Waals surface area contributed by atoms with Crippen LogP contribution in [0.25, 0.3) is 0 Å². The molecular weight excluding hydrogens is 485 g/mol. The van der Waals surface area contributed by atoms with E-state index in [1.165, 1.54) is 4.88 Å². The van der Waals surface area contributed by atoms with Crippen molar-refractivity contribution in [3.63, 3.8) is 0 Å². The number of aryl methyl sites for hydroxylation is 1. The summed E-state index contributed by atoms with van der Waals surface area (Å²) in [5.41, 5.74) is 0. The number of aliphatic imine (C=N–C) groups is 1. The van der Waals surface area contributed by atoms with Crippen molar-refractivity contribution in [2.45, 2.75) is 38.9 Å². The fourth-order valence-electron chi connectivity index (χ4n) is 3.11. The van der Waals surface area contributed by atoms with Crippen LogP contribution in [0.4, 0.5) is 0 Å². The number of piperidine rings is 1. The van der Waals surface area contributed by atoms with Crippen molar-refractivity contribution < 1.29 is 0 Å². The van der Waals surface area contributed by atoms with Crippen molar-refractivity contribution in [1.82, 2.24) is 30.3 Å². The Balaban J connectivity index is 0.00000280. The Morgan fingerprint density at radius 3 is 2.79 bits per heavy atom. The number of aromatic nitrogens is 3. The van der Waals surface area contributed by atoms with Crippen molar-refractivity contribution >= 4 is 41.3 Å². The molecule has 0 bridgehead atoms. The Labute approximate surface area is 188 Å². The van der Waals surface area contributed by atoms with Gasteiger partial charge in [0, 0.05) is 37.6 Å². The Morgan fingerprint density at radius 2 is 2.18 bits per heavy atom. The molecule has 28 heavy (non-hydrogen) atoms. The van der Waals surface area contributed by atoms with Gasteiger partial charge in [0.15, 0.2) is 11.8 Å². The number of hydrogen-bond donors (Lipinski definition) is 2. The highest BCUT2D eigenvalue weighted by molar-refractivity contribution is 14.0. The number of likely N-dealkylation sites (tertiary alicyclic amines) is 1. The molecule has 3 rings (SSSR count). The molecule has 1 aliphatic rings. The molecule has 0 aliphatic carbocycles. The summed E-state index contributed by atoms with van der Waals surface area (Å²) in [6, 6.07) is 4.64. The maximum Gasteiger partial charge on any atom is 0.192 e. The maximum atomic E-state index is 4.76. The number of thiophene rings is 1. The van der Waals surface area contributed by atoms with Crippen LogP contribution in [0.1, 0.15) is 29.4 Å². The normalized spacial score (nSPS) is 15.9. The predicted molar refractivity (Wildman–Crippen MR) is 126 cm³/mol. The molecule has 2 N–H and O–H groups in total. The molecular formula is C19H30IN7S. The zero-order valence-corrected chi connectivity index (χ0v) is 19.7. The Morgan fingerprint density at radius 1 is 1.39 bits per heavy atom. The van der Waals surface area contributed by atoms with Gasteiger partial charge in [-0.05, 0) is 31.2 Å². The van der Waals surface area contributed by atoms with Gasteiger partial charge in [0.25, 0.3) is 0 Å². The topological polar surface area (TPSA) is 70.4 Å². The van der Waals surface area contributed by atoms with E-state index in [0.717, 1.165) is 56.6 Å². The van der Waals surface area contributed by atoms with Crippen LogP contribution in [-0.2, 0) is 20.1 Å². The highest BCUT2D eigenvalue weighted by Crippen LogP contribution is 2.11. The second kappa shape index (κ2) is 11.5. The summed E-state index contributed by atoms with van der Waals surface area (Å²) in [4.78, 5) is 8.49. The second-order valence-electron chi connectivity index (χ2n) is 6.83. The first kappa shape index (κ1) is 22.8. The Kier molecular flexibility index (Phi) is 9.39. The lowest BCUT2D eigenvalue weighted by atomic mass is 10.1. The third kappa shape index (κ3) is 6.56. The van der Waals surface area contributed by atoms with E-state index in [2.05, 4.69) is 49.8 Å². The third-order valence-corrected chi connectivity index (χ3v) is 5.76. The van der Waals surface area contributed by atoms with Gasteiger partial charge >= 0.3 is 0 Å². The summed E-state index contributed by atoms with van der Waals surface area (Å²) in [5, 5.41) is 17.5. The number of nitrogens with zero attached hydrogens (tertiary/aromatic N) is 5. The molecule has 1 saturated heterocycles. The monoisotopic (exact) mass is 515 g/mol. The van der Waals surface area contributed by atoms with Gasteiger partial charge in [0.2, 0.25) is 0 Å². The average Bonchev–Trinajstić information content (AvgIpc) is 3.30. The van der Waals surface area contributed by atoms with Gasteiger partial charge in [-0.3, -0.25) is 4.90 Å². The molecule has 0 unspecified atom stereocenters. The first-order valence-corrected chi connectivity index (χ1v) is 10.3. The van der Waals surface area contributed by atoms with Crippen LogP contribution in [0.5, 0.6) is 0 Å². The van der Waals surface area contributed by atoms with Crippen LogP contribution < -0.4 is 10.6 Å². The third-order valence-electron chi connectivity index (χ3n) is 4.89. The number of hydrogen-bond acceptors (Lipinski definition) is 5. The number of rotatable bonds is 7. The van der Waals surface area contributed by atoms with Crippen molar-refractivity contribution in [2.75, 3.05) is 19.6 Å². The quantitative estimate of drug-likeness (QED) is 0.257. The van der Waals surface area contributed by atoms with Crippen LogP contribution in [0.2, 0.25) is 0 Å². The molecule has 154 valence electrons. The van der Waals surface area contributed by atoms with Crippen LogP contribution in [-0.4, -0.2) is 51.3 Å². The average molecular weight is 515 g/mol. The molecule has 1 fully saturated rings. The van der Waals surface area contributed by atoms with E-state index in [4.69, 9.17) is 4.99 Å². The maximum absolute atomic E-state index is 4.76. The summed E-state index contributed by atoms with van der Waals surface area (Å²) in [5.74, 6) is 2.60. The summed E-state index contributed by atoms with van der Waals surface area (Å²) in [6.45, 7) is 10.2. The van der Waals surface area contributed by atoms with Crippen molar-refractivity contribution in [3.05, 3.63) is 46.7 Å². The lowest BCUT2D eigenvalue weighted by Gasteiger charge is -2.32. The Bertz CT molecular complexity index is 748. The van der Waals surface area contributed by atoms with Gasteiger partial charge in [0.1, 0.15) is 12.4 Å². The summed E-state index contributed by atoms with van der Waals surface area (Å²) in [6.07, 6.45) is 4.19. The van der Waals surface area contributed by atoms with Gasteiger partial charge in [-0.1, -0.05) is 12.1 Å². The van der Waals surface area contributed by atoms with E-state index in [9.17, 15) is 0 Å². The molecule has 0 aromatic carbocycles. The fraction of sp³-hybridized carbons (Fsp3) is 0.526. The van der Waals surface area contributed by atoms with Gasteiger partial charge in [-0.2, -0.15) is 0 Å². The first-order valence-electron chi connectivity index (χ1n) is 9.41. The molecule has 9 heteroatoms. The molecule has 0 spiro atoms. The summed E-state index contributed by atoms with van der Waals surface area (Å²) < 4.78 is 1.98. The Hall–Kier alpha value is -1.46. The lowest BCUT2D eigenvalue weighted by molar-refractivity contribution is 0.225. The van der Waals surface area contributed by atoms with E-state index in [0.29, 0.717) is 12.6 Å². The van der Waals surface area contributed by atoms with Crippen molar-refractivity contribution in [1.29, 1.82) is 0 Å². The molecule has 3 heterocycles. The van der Waals surface area contributed by atoms with Gasteiger partial charge in [-0.15, -0.1) is 52.1 Å². The van der Waals surface area contributed by atoms with E-state index < -0.39 is 0 Å². The van der Waals surface area contributed by atoms with Crippen molar-refractivity contribution in [2.24, 2.45) is 12.0 Å². The van der Waals surface area contributed by atoms with E-state index in [1.807, 2.05) is 24.6 Å². The SMILES string of the molecule is C=CCN1CCC(NC(=NCc2nnc(C)n2C)NCc2cccs2)CC1.I. The van der Waals surface area contributed by atoms with Crippen LogP contribution >= 0.6 is 35.3 Å². The first-order chi connectivity index (χ1) is 13.2. The molecule has 0 atom stereocenters. The minimum atomic E-state index is 0. The van der Waals surface area contributed by atoms with Crippen LogP contribution in [0.3, 0.4) is 0 Å². The number of halogens is 1.